The van der Waals surface area contributed by atoms with Crippen LogP contribution in [0.4, 0.5) is 0 Å². The van der Waals surface area contributed by atoms with Crippen LogP contribution in [0.2, 0.25) is 4.34 Å². The smallest absolute Gasteiger partial charge is 0.265 e. The summed E-state index contributed by atoms with van der Waals surface area (Å²) in [5.74, 6) is 1.61. The van der Waals surface area contributed by atoms with E-state index < -0.39 is 0 Å². The molecule has 2 aromatic rings. The fourth-order valence-electron chi connectivity index (χ4n) is 3.69. The number of likely N-dealkylation sites (tertiary alicyclic amines) is 1. The lowest BCUT2D eigenvalue weighted by Gasteiger charge is -2.20. The Kier molecular flexibility index (Phi) is 4.64. The minimum Gasteiger partial charge on any atom is -0.338 e. The number of rotatable bonds is 2. The molecule has 4 heterocycles. The summed E-state index contributed by atoms with van der Waals surface area (Å²) in [7, 11) is 0. The number of nitrogens with one attached hydrogen (secondary N) is 1. The highest BCUT2D eigenvalue weighted by atomic mass is 35.5. The van der Waals surface area contributed by atoms with Gasteiger partial charge in [-0.15, -0.1) is 22.7 Å². The molecule has 24 heavy (non-hydrogen) atoms. The van der Waals surface area contributed by atoms with Crippen molar-refractivity contribution in [3.63, 3.8) is 0 Å². The van der Waals surface area contributed by atoms with Crippen molar-refractivity contribution in [2.24, 2.45) is 11.8 Å². The van der Waals surface area contributed by atoms with Crippen LogP contribution in [0.3, 0.4) is 0 Å². The molecule has 0 spiro atoms. The molecule has 0 bridgehead atoms. The third-order valence-corrected chi connectivity index (χ3v) is 7.63. The van der Waals surface area contributed by atoms with Gasteiger partial charge in [0.25, 0.3) is 5.91 Å². The minimum atomic E-state index is 0.145. The Bertz CT molecular complexity index is 743. The van der Waals surface area contributed by atoms with Crippen LogP contribution in [-0.2, 0) is 0 Å². The van der Waals surface area contributed by atoms with Crippen molar-refractivity contribution in [2.45, 2.75) is 19.8 Å². The van der Waals surface area contributed by atoms with E-state index in [1.54, 1.807) is 0 Å². The lowest BCUT2D eigenvalue weighted by Crippen LogP contribution is -2.32. The van der Waals surface area contributed by atoms with Crippen molar-refractivity contribution in [1.29, 1.82) is 0 Å². The van der Waals surface area contributed by atoms with Crippen LogP contribution in [-0.4, -0.2) is 42.0 Å². The number of hydrogen-bond donors (Lipinski definition) is 1. The Balaban J connectivity index is 1.53. The number of thiophene rings is 1. The Morgan fingerprint density at radius 2 is 1.96 bits per heavy atom. The summed E-state index contributed by atoms with van der Waals surface area (Å²) in [6, 6.07) is 3.85. The predicted molar refractivity (Wildman–Crippen MR) is 100 cm³/mol. The van der Waals surface area contributed by atoms with Gasteiger partial charge >= 0.3 is 0 Å². The molecule has 1 N–H and O–H groups in total. The molecular weight excluding hydrogens is 362 g/mol. The highest BCUT2D eigenvalue weighted by molar-refractivity contribution is 7.24. The summed E-state index contributed by atoms with van der Waals surface area (Å²) >= 11 is 9.02. The number of carbonyl (C=O) groups is 1. The summed E-state index contributed by atoms with van der Waals surface area (Å²) in [5.41, 5.74) is 0.829. The molecule has 4 rings (SSSR count). The van der Waals surface area contributed by atoms with Crippen LogP contribution in [0.5, 0.6) is 0 Å². The first-order valence-corrected chi connectivity index (χ1v) is 10.4. The maximum Gasteiger partial charge on any atom is 0.265 e. The number of thiazole rings is 1. The van der Waals surface area contributed by atoms with E-state index in [0.29, 0.717) is 0 Å². The molecule has 0 unspecified atom stereocenters. The number of nitrogens with zero attached hydrogens (tertiary/aromatic N) is 2. The van der Waals surface area contributed by atoms with Crippen LogP contribution >= 0.6 is 34.3 Å². The molecular formula is C17H20ClN3OS2. The van der Waals surface area contributed by atoms with Gasteiger partial charge in [0, 0.05) is 13.1 Å². The van der Waals surface area contributed by atoms with E-state index in [2.05, 4.69) is 10.3 Å². The summed E-state index contributed by atoms with van der Waals surface area (Å²) in [6.07, 6.45) is 2.21. The van der Waals surface area contributed by atoms with Gasteiger partial charge in [-0.2, -0.15) is 0 Å². The van der Waals surface area contributed by atoms with Gasteiger partial charge in [0.05, 0.1) is 14.9 Å². The molecule has 2 saturated heterocycles. The van der Waals surface area contributed by atoms with Crippen LogP contribution in [0.25, 0.3) is 9.88 Å². The van der Waals surface area contributed by atoms with E-state index >= 15 is 0 Å². The normalized spacial score (nSPS) is 24.0. The number of carbonyl (C=O) groups excluding carboxylic acids is 1. The maximum atomic E-state index is 13.0. The summed E-state index contributed by atoms with van der Waals surface area (Å²) in [4.78, 5) is 21.4. The van der Waals surface area contributed by atoms with E-state index in [-0.39, 0.29) is 5.91 Å². The molecule has 2 fully saturated rings. The number of hydrogen-bond acceptors (Lipinski definition) is 5. The molecule has 2 aliphatic heterocycles. The van der Waals surface area contributed by atoms with Gasteiger partial charge in [0.2, 0.25) is 0 Å². The van der Waals surface area contributed by atoms with Crippen molar-refractivity contribution in [2.75, 3.05) is 26.2 Å². The first-order chi connectivity index (χ1) is 11.6. The lowest BCUT2D eigenvalue weighted by atomic mass is 9.92. The number of halogens is 1. The van der Waals surface area contributed by atoms with E-state index in [9.17, 15) is 4.79 Å². The zero-order valence-electron chi connectivity index (χ0n) is 13.5. The van der Waals surface area contributed by atoms with E-state index in [1.165, 1.54) is 22.7 Å². The Hall–Kier alpha value is -0.950. The Morgan fingerprint density at radius 3 is 2.58 bits per heavy atom. The average Bonchev–Trinajstić information content (AvgIpc) is 3.25. The van der Waals surface area contributed by atoms with Gasteiger partial charge in [-0.3, -0.25) is 4.79 Å². The Labute approximate surface area is 154 Å². The number of amides is 1. The summed E-state index contributed by atoms with van der Waals surface area (Å²) < 4.78 is 0.749. The van der Waals surface area contributed by atoms with Gasteiger partial charge in [-0.25, -0.2) is 4.98 Å². The molecule has 128 valence electrons. The number of fused-ring (bicyclic) bond motifs is 1. The summed E-state index contributed by atoms with van der Waals surface area (Å²) in [6.45, 7) is 5.86. The second-order valence-electron chi connectivity index (χ2n) is 6.59. The standard InChI is InChI=1S/C17H20ClN3OS2/c1-10-15(24-16(20-10)13-2-3-14(18)23-13)17(22)21-6-4-11-8-19-9-12(11)5-7-21/h2-3,11-12,19H,4-9H2,1H3/t11-,12+. The van der Waals surface area contributed by atoms with Crippen LogP contribution in [0.15, 0.2) is 12.1 Å². The lowest BCUT2D eigenvalue weighted by molar-refractivity contribution is 0.0762. The molecule has 2 aliphatic rings. The van der Waals surface area contributed by atoms with Gasteiger partial charge in [0.1, 0.15) is 9.88 Å². The summed E-state index contributed by atoms with van der Waals surface area (Å²) in [5, 5.41) is 4.37. The zero-order valence-corrected chi connectivity index (χ0v) is 15.9. The molecule has 7 heteroatoms. The molecule has 4 nitrogen and oxygen atoms in total. The Morgan fingerprint density at radius 1 is 1.25 bits per heavy atom. The van der Waals surface area contributed by atoms with Crippen molar-refractivity contribution in [1.82, 2.24) is 15.2 Å². The van der Waals surface area contributed by atoms with Crippen molar-refractivity contribution in [3.8, 4) is 9.88 Å². The van der Waals surface area contributed by atoms with Crippen molar-refractivity contribution in [3.05, 3.63) is 27.0 Å². The molecule has 2 atom stereocenters. The van der Waals surface area contributed by atoms with Crippen molar-refractivity contribution >= 4 is 40.2 Å². The average molecular weight is 382 g/mol. The fourth-order valence-corrected chi connectivity index (χ4v) is 5.83. The number of aryl methyl sites for hydroxylation is 1. The molecule has 2 aromatic heterocycles. The molecule has 0 radical (unpaired) electrons. The number of aromatic nitrogens is 1. The largest absolute Gasteiger partial charge is 0.338 e. The fraction of sp³-hybridized carbons (Fsp3) is 0.529. The minimum absolute atomic E-state index is 0.145. The highest BCUT2D eigenvalue weighted by Gasteiger charge is 2.32. The van der Waals surface area contributed by atoms with Gasteiger partial charge in [0.15, 0.2) is 0 Å². The van der Waals surface area contributed by atoms with Gasteiger partial charge in [-0.05, 0) is 56.8 Å². The molecule has 1 amide bonds. The van der Waals surface area contributed by atoms with E-state index in [4.69, 9.17) is 11.6 Å². The zero-order chi connectivity index (χ0) is 16.7. The molecule has 0 saturated carbocycles. The maximum absolute atomic E-state index is 13.0. The third kappa shape index (κ3) is 3.12. The van der Waals surface area contributed by atoms with Gasteiger partial charge < -0.3 is 10.2 Å². The topological polar surface area (TPSA) is 45.2 Å². The first kappa shape index (κ1) is 16.5. The van der Waals surface area contributed by atoms with E-state index in [1.807, 2.05) is 24.0 Å². The third-order valence-electron chi connectivity index (χ3n) is 5.08. The first-order valence-electron chi connectivity index (χ1n) is 8.35. The van der Waals surface area contributed by atoms with Crippen LogP contribution in [0.1, 0.15) is 28.2 Å². The second kappa shape index (κ2) is 6.75. The highest BCUT2D eigenvalue weighted by Crippen LogP contribution is 2.36. The van der Waals surface area contributed by atoms with Crippen molar-refractivity contribution < 1.29 is 4.79 Å². The van der Waals surface area contributed by atoms with Crippen LogP contribution < -0.4 is 5.32 Å². The predicted octanol–water partition coefficient (Wildman–Crippen LogP) is 3.91. The molecule has 0 aromatic carbocycles. The van der Waals surface area contributed by atoms with E-state index in [0.717, 1.165) is 75.6 Å². The second-order valence-corrected chi connectivity index (χ2v) is 9.30. The SMILES string of the molecule is Cc1nc(-c2ccc(Cl)s2)sc1C(=O)N1CC[C@@H]2CNC[C@@H]2CC1. The van der Waals surface area contributed by atoms with Crippen LogP contribution in [0, 0.1) is 18.8 Å². The quantitative estimate of drug-likeness (QED) is 0.857. The molecule has 0 aliphatic carbocycles. The monoisotopic (exact) mass is 381 g/mol. The van der Waals surface area contributed by atoms with Gasteiger partial charge in [-0.1, -0.05) is 11.6 Å².